The van der Waals surface area contributed by atoms with Gasteiger partial charge in [-0.15, -0.1) is 0 Å². The molecule has 3 aromatic rings. The van der Waals surface area contributed by atoms with E-state index < -0.39 is 0 Å². The summed E-state index contributed by atoms with van der Waals surface area (Å²) in [6.07, 6.45) is 1.69. The highest BCUT2D eigenvalue weighted by molar-refractivity contribution is 6.00. The molecule has 0 unspecified atom stereocenters. The van der Waals surface area contributed by atoms with E-state index in [0.29, 0.717) is 30.5 Å². The molecular formula is C21H20N4O3. The summed E-state index contributed by atoms with van der Waals surface area (Å²) in [5, 5.41) is 3.39. The minimum atomic E-state index is -0.390. The van der Waals surface area contributed by atoms with Crippen LogP contribution >= 0.6 is 0 Å². The SMILES string of the molecule is O=C(NCCn1cnc2ccccc2c1=O)[C@H]1CC(=O)N(c2ccccc2)C1. The van der Waals surface area contributed by atoms with E-state index in [1.807, 2.05) is 36.4 Å². The number of hydrogen-bond acceptors (Lipinski definition) is 4. The van der Waals surface area contributed by atoms with Gasteiger partial charge in [0.15, 0.2) is 0 Å². The second-order valence-electron chi connectivity index (χ2n) is 6.79. The third-order valence-electron chi connectivity index (χ3n) is 4.95. The van der Waals surface area contributed by atoms with Crippen LogP contribution in [0.3, 0.4) is 0 Å². The van der Waals surface area contributed by atoms with Crippen LogP contribution in [0.15, 0.2) is 65.7 Å². The minimum Gasteiger partial charge on any atom is -0.354 e. The minimum absolute atomic E-state index is 0.0544. The van der Waals surface area contributed by atoms with Crippen LogP contribution in [0, 0.1) is 5.92 Å². The molecule has 0 saturated carbocycles. The van der Waals surface area contributed by atoms with Crippen molar-refractivity contribution >= 4 is 28.4 Å². The molecule has 0 bridgehead atoms. The third-order valence-corrected chi connectivity index (χ3v) is 4.95. The standard InChI is InChI=1S/C21H20N4O3/c26-19-12-15(13-25(19)16-6-2-1-3-7-16)20(27)22-10-11-24-14-23-18-9-5-4-8-17(18)21(24)28/h1-9,14-15H,10-13H2,(H,22,27)/t15-/m0/s1. The molecule has 1 saturated heterocycles. The fourth-order valence-corrected chi connectivity index (χ4v) is 3.45. The summed E-state index contributed by atoms with van der Waals surface area (Å²) in [4.78, 5) is 43.1. The molecule has 4 rings (SSSR count). The van der Waals surface area contributed by atoms with E-state index in [-0.39, 0.29) is 29.7 Å². The van der Waals surface area contributed by atoms with Gasteiger partial charge in [0.2, 0.25) is 11.8 Å². The van der Waals surface area contributed by atoms with Gasteiger partial charge in [-0.2, -0.15) is 0 Å². The first-order chi connectivity index (χ1) is 13.6. The topological polar surface area (TPSA) is 84.3 Å². The monoisotopic (exact) mass is 376 g/mol. The van der Waals surface area contributed by atoms with Crippen molar-refractivity contribution in [2.45, 2.75) is 13.0 Å². The van der Waals surface area contributed by atoms with Crippen molar-refractivity contribution in [3.63, 3.8) is 0 Å². The maximum atomic E-state index is 12.5. The van der Waals surface area contributed by atoms with E-state index in [0.717, 1.165) is 5.69 Å². The van der Waals surface area contributed by atoms with Crippen LogP contribution in [0.4, 0.5) is 5.69 Å². The Morgan fingerprint density at radius 3 is 2.64 bits per heavy atom. The Morgan fingerprint density at radius 1 is 1.07 bits per heavy atom. The highest BCUT2D eigenvalue weighted by Crippen LogP contribution is 2.24. The number of anilines is 1. The van der Waals surface area contributed by atoms with Crippen LogP contribution < -0.4 is 15.8 Å². The first kappa shape index (κ1) is 17.9. The zero-order valence-corrected chi connectivity index (χ0v) is 15.2. The lowest BCUT2D eigenvalue weighted by molar-refractivity contribution is -0.126. The van der Waals surface area contributed by atoms with Crippen LogP contribution in [0.1, 0.15) is 6.42 Å². The van der Waals surface area contributed by atoms with Gasteiger partial charge in [-0.1, -0.05) is 30.3 Å². The predicted molar refractivity (Wildman–Crippen MR) is 106 cm³/mol. The first-order valence-electron chi connectivity index (χ1n) is 9.21. The number of benzene rings is 2. The maximum absolute atomic E-state index is 12.5. The summed E-state index contributed by atoms with van der Waals surface area (Å²) in [5.41, 5.74) is 1.32. The molecule has 1 atom stereocenters. The fraction of sp³-hybridized carbons (Fsp3) is 0.238. The van der Waals surface area contributed by atoms with Crippen molar-refractivity contribution in [2.75, 3.05) is 18.0 Å². The molecule has 2 aromatic carbocycles. The average Bonchev–Trinajstić information content (AvgIpc) is 3.12. The smallest absolute Gasteiger partial charge is 0.261 e. The summed E-state index contributed by atoms with van der Waals surface area (Å²) in [6, 6.07) is 16.5. The van der Waals surface area contributed by atoms with Crippen LogP contribution in [0.5, 0.6) is 0 Å². The molecule has 0 aliphatic carbocycles. The lowest BCUT2D eigenvalue weighted by Gasteiger charge is -2.16. The van der Waals surface area contributed by atoms with E-state index >= 15 is 0 Å². The average molecular weight is 376 g/mol. The lowest BCUT2D eigenvalue weighted by Crippen LogP contribution is -2.36. The number of rotatable bonds is 5. The van der Waals surface area contributed by atoms with Crippen LogP contribution in [0.25, 0.3) is 10.9 Å². The number of carbonyl (C=O) groups excluding carboxylic acids is 2. The quantitative estimate of drug-likeness (QED) is 0.733. The van der Waals surface area contributed by atoms with Gasteiger partial charge in [0.05, 0.1) is 23.1 Å². The molecule has 7 heteroatoms. The van der Waals surface area contributed by atoms with Crippen molar-refractivity contribution in [3.8, 4) is 0 Å². The zero-order valence-electron chi connectivity index (χ0n) is 15.2. The van der Waals surface area contributed by atoms with E-state index in [2.05, 4.69) is 10.3 Å². The Bertz CT molecular complexity index is 1080. The molecule has 7 nitrogen and oxygen atoms in total. The van der Waals surface area contributed by atoms with Crippen molar-refractivity contribution in [1.29, 1.82) is 0 Å². The lowest BCUT2D eigenvalue weighted by atomic mass is 10.1. The maximum Gasteiger partial charge on any atom is 0.261 e. The zero-order chi connectivity index (χ0) is 19.5. The van der Waals surface area contributed by atoms with Crippen LogP contribution in [0.2, 0.25) is 0 Å². The Balaban J connectivity index is 1.36. The van der Waals surface area contributed by atoms with Gasteiger partial charge in [-0.25, -0.2) is 4.98 Å². The number of nitrogens with zero attached hydrogens (tertiary/aromatic N) is 3. The Hall–Kier alpha value is -3.48. The largest absolute Gasteiger partial charge is 0.354 e. The normalized spacial score (nSPS) is 16.5. The summed E-state index contributed by atoms with van der Waals surface area (Å²) < 4.78 is 1.48. The van der Waals surface area contributed by atoms with Gasteiger partial charge >= 0.3 is 0 Å². The van der Waals surface area contributed by atoms with Crippen molar-refractivity contribution < 1.29 is 9.59 Å². The molecule has 1 fully saturated rings. The summed E-state index contributed by atoms with van der Waals surface area (Å²) in [6.45, 7) is 0.992. The van der Waals surface area contributed by atoms with Gasteiger partial charge in [-0.3, -0.25) is 19.0 Å². The Morgan fingerprint density at radius 2 is 1.82 bits per heavy atom. The number of para-hydroxylation sites is 2. The molecule has 0 radical (unpaired) electrons. The number of aromatic nitrogens is 2. The summed E-state index contributed by atoms with van der Waals surface area (Å²) in [7, 11) is 0. The highest BCUT2D eigenvalue weighted by atomic mass is 16.2. The first-order valence-corrected chi connectivity index (χ1v) is 9.21. The van der Waals surface area contributed by atoms with Gasteiger partial charge in [0.25, 0.3) is 5.56 Å². The second kappa shape index (κ2) is 7.64. The number of hydrogen-bond donors (Lipinski definition) is 1. The molecule has 28 heavy (non-hydrogen) atoms. The highest BCUT2D eigenvalue weighted by Gasteiger charge is 2.34. The Kier molecular flexibility index (Phi) is 4.89. The fourth-order valence-electron chi connectivity index (χ4n) is 3.45. The molecule has 1 aliphatic heterocycles. The number of carbonyl (C=O) groups is 2. The Labute approximate surface area is 161 Å². The molecule has 2 heterocycles. The van der Waals surface area contributed by atoms with Crippen LogP contribution in [-0.2, 0) is 16.1 Å². The van der Waals surface area contributed by atoms with Gasteiger partial charge in [-0.05, 0) is 24.3 Å². The van der Waals surface area contributed by atoms with Crippen LogP contribution in [-0.4, -0.2) is 34.5 Å². The second-order valence-corrected chi connectivity index (χ2v) is 6.79. The number of nitrogens with one attached hydrogen (secondary N) is 1. The number of amides is 2. The van der Waals surface area contributed by atoms with Crippen molar-refractivity contribution in [3.05, 3.63) is 71.3 Å². The summed E-state index contributed by atoms with van der Waals surface area (Å²) in [5.74, 6) is -0.617. The van der Waals surface area contributed by atoms with E-state index in [1.54, 1.807) is 23.1 Å². The predicted octanol–water partition coefficient (Wildman–Crippen LogP) is 1.57. The third kappa shape index (κ3) is 3.51. The molecule has 142 valence electrons. The molecule has 2 amide bonds. The molecule has 1 aromatic heterocycles. The molecular weight excluding hydrogens is 356 g/mol. The van der Waals surface area contributed by atoms with E-state index in [1.165, 1.54) is 10.9 Å². The van der Waals surface area contributed by atoms with Gasteiger partial charge in [0.1, 0.15) is 0 Å². The summed E-state index contributed by atoms with van der Waals surface area (Å²) >= 11 is 0. The molecule has 1 N–H and O–H groups in total. The van der Waals surface area contributed by atoms with Crippen molar-refractivity contribution in [2.24, 2.45) is 5.92 Å². The molecule has 1 aliphatic rings. The number of fused-ring (bicyclic) bond motifs is 1. The molecule has 0 spiro atoms. The van der Waals surface area contributed by atoms with Crippen molar-refractivity contribution in [1.82, 2.24) is 14.9 Å². The van der Waals surface area contributed by atoms with Gasteiger partial charge < -0.3 is 10.2 Å². The van der Waals surface area contributed by atoms with E-state index in [9.17, 15) is 14.4 Å². The van der Waals surface area contributed by atoms with Gasteiger partial charge in [0, 0.05) is 31.7 Å². The van der Waals surface area contributed by atoms with E-state index in [4.69, 9.17) is 0 Å².